The van der Waals surface area contributed by atoms with E-state index in [1.54, 1.807) is 10.4 Å². The van der Waals surface area contributed by atoms with Crippen LogP contribution in [0.4, 0.5) is 0 Å². The molecule has 1 aliphatic heterocycles. The largest absolute Gasteiger partial charge is 0.381 e. The molecule has 16 heavy (non-hydrogen) atoms. The minimum Gasteiger partial charge on any atom is -0.381 e. The smallest absolute Gasteiger partial charge is 0.0507 e. The molecule has 2 nitrogen and oxygen atoms in total. The number of thiophene rings is 1. The molecule has 1 fully saturated rings. The number of ether oxygens (including phenoxy) is 1. The molecule has 88 valence electrons. The van der Waals surface area contributed by atoms with Gasteiger partial charge in [0, 0.05) is 24.1 Å². The summed E-state index contributed by atoms with van der Waals surface area (Å²) in [4.78, 5) is 1.60. The van der Waals surface area contributed by atoms with Gasteiger partial charge >= 0.3 is 0 Å². The highest BCUT2D eigenvalue weighted by Gasteiger charge is 2.22. The molecule has 3 heteroatoms. The Morgan fingerprint density at radius 2 is 2.44 bits per heavy atom. The fraction of sp³-hybridized carbons (Fsp3) is 0.692. The maximum Gasteiger partial charge on any atom is 0.0507 e. The highest BCUT2D eigenvalue weighted by atomic mass is 32.1. The maximum atomic E-state index is 5.41. The topological polar surface area (TPSA) is 21.3 Å². The lowest BCUT2D eigenvalue weighted by Crippen LogP contribution is -2.29. The van der Waals surface area contributed by atoms with Gasteiger partial charge in [0.25, 0.3) is 0 Å². The second-order valence-electron chi connectivity index (χ2n) is 4.88. The fourth-order valence-corrected chi connectivity index (χ4v) is 3.74. The molecule has 0 radical (unpaired) electrons. The average Bonchev–Trinajstić information content (AvgIpc) is 2.97. The van der Waals surface area contributed by atoms with Gasteiger partial charge in [0.2, 0.25) is 0 Å². The minimum absolute atomic E-state index is 0.607. The van der Waals surface area contributed by atoms with Gasteiger partial charge in [-0.1, -0.05) is 0 Å². The molecular formula is C13H19NOS. The summed E-state index contributed by atoms with van der Waals surface area (Å²) < 4.78 is 5.41. The first-order valence-electron chi connectivity index (χ1n) is 6.31. The molecule has 1 aliphatic carbocycles. The first-order chi connectivity index (χ1) is 7.93. The maximum absolute atomic E-state index is 5.41. The predicted molar refractivity (Wildman–Crippen MR) is 66.9 cm³/mol. The number of nitrogens with one attached hydrogen (secondary N) is 1. The SMILES string of the molecule is c1cc2c(s1)CCCC2NCC1CCOC1. The normalized spacial score (nSPS) is 29.2. The Hall–Kier alpha value is -0.380. The number of aryl methyl sites for hydroxylation is 1. The van der Waals surface area contributed by atoms with Crippen LogP contribution >= 0.6 is 11.3 Å². The summed E-state index contributed by atoms with van der Waals surface area (Å²) in [7, 11) is 0. The highest BCUT2D eigenvalue weighted by molar-refractivity contribution is 7.10. The van der Waals surface area contributed by atoms with E-state index in [-0.39, 0.29) is 0 Å². The van der Waals surface area contributed by atoms with Crippen LogP contribution in [0.3, 0.4) is 0 Å². The lowest BCUT2D eigenvalue weighted by molar-refractivity contribution is 0.184. The zero-order chi connectivity index (χ0) is 10.8. The molecule has 1 aromatic rings. The molecule has 0 bridgehead atoms. The standard InChI is InChI=1S/C13H19NOS/c1-2-12(11-5-7-16-13(11)3-1)14-8-10-4-6-15-9-10/h5,7,10,12,14H,1-4,6,8-9H2. The van der Waals surface area contributed by atoms with Crippen molar-refractivity contribution < 1.29 is 4.74 Å². The number of fused-ring (bicyclic) bond motifs is 1. The number of hydrogen-bond acceptors (Lipinski definition) is 3. The van der Waals surface area contributed by atoms with Crippen molar-refractivity contribution in [3.8, 4) is 0 Å². The van der Waals surface area contributed by atoms with Gasteiger partial charge in [-0.15, -0.1) is 11.3 Å². The third kappa shape index (κ3) is 2.17. The summed E-state index contributed by atoms with van der Waals surface area (Å²) in [6.07, 6.45) is 5.16. The molecule has 0 amide bonds. The molecule has 2 heterocycles. The number of hydrogen-bond donors (Lipinski definition) is 1. The number of rotatable bonds is 3. The zero-order valence-electron chi connectivity index (χ0n) is 9.58. The van der Waals surface area contributed by atoms with E-state index in [0.717, 1.165) is 25.7 Å². The molecule has 1 aromatic heterocycles. The van der Waals surface area contributed by atoms with Crippen LogP contribution in [0.5, 0.6) is 0 Å². The molecule has 0 aromatic carbocycles. The fourth-order valence-electron chi connectivity index (χ4n) is 2.75. The van der Waals surface area contributed by atoms with E-state index in [1.165, 1.54) is 25.7 Å². The van der Waals surface area contributed by atoms with Crippen molar-refractivity contribution in [3.05, 3.63) is 21.9 Å². The molecule has 1 saturated heterocycles. The van der Waals surface area contributed by atoms with Crippen LogP contribution in [-0.4, -0.2) is 19.8 Å². The monoisotopic (exact) mass is 237 g/mol. The quantitative estimate of drug-likeness (QED) is 0.873. The molecule has 0 saturated carbocycles. The van der Waals surface area contributed by atoms with Gasteiger partial charge in [-0.25, -0.2) is 0 Å². The van der Waals surface area contributed by atoms with Crippen molar-refractivity contribution in [1.82, 2.24) is 5.32 Å². The Bertz CT molecular complexity index is 343. The Morgan fingerprint density at radius 1 is 1.44 bits per heavy atom. The molecule has 2 unspecified atom stereocenters. The Balaban J connectivity index is 1.59. The van der Waals surface area contributed by atoms with Crippen LogP contribution in [0.2, 0.25) is 0 Å². The zero-order valence-corrected chi connectivity index (χ0v) is 10.4. The van der Waals surface area contributed by atoms with Gasteiger partial charge in [-0.3, -0.25) is 0 Å². The Morgan fingerprint density at radius 3 is 3.31 bits per heavy atom. The van der Waals surface area contributed by atoms with Gasteiger partial charge in [-0.05, 0) is 48.6 Å². The molecular weight excluding hydrogens is 218 g/mol. The summed E-state index contributed by atoms with van der Waals surface area (Å²) in [5, 5.41) is 5.97. The summed E-state index contributed by atoms with van der Waals surface area (Å²) in [6.45, 7) is 3.04. The van der Waals surface area contributed by atoms with Crippen LogP contribution in [-0.2, 0) is 11.2 Å². The van der Waals surface area contributed by atoms with Crippen LogP contribution < -0.4 is 5.32 Å². The second kappa shape index (κ2) is 4.86. The van der Waals surface area contributed by atoms with Crippen molar-refractivity contribution in [3.63, 3.8) is 0 Å². The van der Waals surface area contributed by atoms with E-state index in [1.807, 2.05) is 11.3 Å². The highest BCUT2D eigenvalue weighted by Crippen LogP contribution is 2.33. The van der Waals surface area contributed by atoms with Crippen LogP contribution in [0.25, 0.3) is 0 Å². The van der Waals surface area contributed by atoms with Crippen molar-refractivity contribution >= 4 is 11.3 Å². The van der Waals surface area contributed by atoms with Crippen molar-refractivity contribution in [2.24, 2.45) is 5.92 Å². The first kappa shape index (κ1) is 10.8. The first-order valence-corrected chi connectivity index (χ1v) is 7.19. The lowest BCUT2D eigenvalue weighted by Gasteiger charge is -2.25. The lowest BCUT2D eigenvalue weighted by atomic mass is 9.93. The van der Waals surface area contributed by atoms with E-state index in [2.05, 4.69) is 16.8 Å². The summed E-state index contributed by atoms with van der Waals surface area (Å²) >= 11 is 1.92. The van der Waals surface area contributed by atoms with Crippen LogP contribution in [0.15, 0.2) is 11.4 Å². The average molecular weight is 237 g/mol. The summed E-state index contributed by atoms with van der Waals surface area (Å²) in [6, 6.07) is 2.91. The molecule has 3 rings (SSSR count). The Kier molecular flexibility index (Phi) is 3.27. The summed E-state index contributed by atoms with van der Waals surface area (Å²) in [5.41, 5.74) is 1.56. The van der Waals surface area contributed by atoms with Gasteiger partial charge in [0.1, 0.15) is 0 Å². The van der Waals surface area contributed by atoms with Gasteiger partial charge in [0.15, 0.2) is 0 Å². The molecule has 0 spiro atoms. The molecule has 2 aliphatic rings. The van der Waals surface area contributed by atoms with Crippen LogP contribution in [0.1, 0.15) is 35.7 Å². The molecule has 1 N–H and O–H groups in total. The van der Waals surface area contributed by atoms with Crippen molar-refractivity contribution in [2.45, 2.75) is 31.7 Å². The van der Waals surface area contributed by atoms with Gasteiger partial charge in [-0.2, -0.15) is 0 Å². The van der Waals surface area contributed by atoms with Gasteiger partial charge in [0.05, 0.1) is 6.61 Å². The van der Waals surface area contributed by atoms with Gasteiger partial charge < -0.3 is 10.1 Å². The van der Waals surface area contributed by atoms with E-state index in [4.69, 9.17) is 4.74 Å². The van der Waals surface area contributed by atoms with E-state index >= 15 is 0 Å². The molecule has 2 atom stereocenters. The van der Waals surface area contributed by atoms with Crippen LogP contribution in [0, 0.1) is 5.92 Å². The van der Waals surface area contributed by atoms with Crippen molar-refractivity contribution in [1.29, 1.82) is 0 Å². The minimum atomic E-state index is 0.607. The second-order valence-corrected chi connectivity index (χ2v) is 5.88. The predicted octanol–water partition coefficient (Wildman–Crippen LogP) is 2.75. The van der Waals surface area contributed by atoms with E-state index in [0.29, 0.717) is 6.04 Å². The Labute approximate surface area is 101 Å². The van der Waals surface area contributed by atoms with E-state index < -0.39 is 0 Å². The summed E-state index contributed by atoms with van der Waals surface area (Å²) in [5.74, 6) is 0.740. The van der Waals surface area contributed by atoms with Crippen molar-refractivity contribution in [2.75, 3.05) is 19.8 Å². The third-order valence-electron chi connectivity index (χ3n) is 3.73. The third-order valence-corrected chi connectivity index (χ3v) is 4.73. The van der Waals surface area contributed by atoms with E-state index in [9.17, 15) is 0 Å².